The second-order valence-electron chi connectivity index (χ2n) is 2.35. The summed E-state index contributed by atoms with van der Waals surface area (Å²) in [5, 5.41) is 0.286. The third-order valence-electron chi connectivity index (χ3n) is 1.50. The van der Waals surface area contributed by atoms with Crippen LogP contribution in [0.25, 0.3) is 0 Å². The highest BCUT2D eigenvalue weighted by Gasteiger charge is 2.01. The molecule has 0 aliphatic rings. The van der Waals surface area contributed by atoms with Crippen molar-refractivity contribution in [1.29, 1.82) is 0 Å². The molecule has 0 spiro atoms. The average molecular weight is 153 g/mol. The van der Waals surface area contributed by atoms with Crippen LogP contribution < -0.4 is 0 Å². The van der Waals surface area contributed by atoms with Crippen molar-refractivity contribution in [2.75, 3.05) is 0 Å². The van der Waals surface area contributed by atoms with Crippen molar-refractivity contribution in [2.45, 2.75) is 19.1 Å². The summed E-state index contributed by atoms with van der Waals surface area (Å²) in [6, 6.07) is 4.00. The van der Waals surface area contributed by atoms with Crippen molar-refractivity contribution >= 4 is 12.6 Å². The van der Waals surface area contributed by atoms with Crippen LogP contribution in [0.5, 0.6) is 0 Å². The van der Waals surface area contributed by atoms with Crippen LogP contribution in [0.4, 0.5) is 0 Å². The molecular weight excluding hydrogens is 142 g/mol. The first-order valence-electron chi connectivity index (χ1n) is 3.31. The van der Waals surface area contributed by atoms with E-state index in [0.717, 1.165) is 5.69 Å². The van der Waals surface area contributed by atoms with Crippen LogP contribution in [0.3, 0.4) is 0 Å². The second-order valence-corrected chi connectivity index (χ2v) is 3.13. The number of hydrogen-bond acceptors (Lipinski definition) is 2. The first kappa shape index (κ1) is 7.61. The molecule has 0 radical (unpaired) electrons. The van der Waals surface area contributed by atoms with Gasteiger partial charge in [-0.2, -0.15) is 12.6 Å². The molecule has 54 valence electrons. The molecule has 0 aliphatic carbocycles. The largest absolute Gasteiger partial charge is 0.261 e. The summed E-state index contributed by atoms with van der Waals surface area (Å²) < 4.78 is 0. The van der Waals surface area contributed by atoms with Crippen molar-refractivity contribution < 1.29 is 0 Å². The van der Waals surface area contributed by atoms with E-state index in [1.807, 2.05) is 19.9 Å². The zero-order valence-electron chi connectivity index (χ0n) is 6.20. The molecule has 1 aromatic rings. The molecule has 0 amide bonds. The van der Waals surface area contributed by atoms with Crippen molar-refractivity contribution in [3.05, 3.63) is 29.6 Å². The summed E-state index contributed by atoms with van der Waals surface area (Å²) in [4.78, 5) is 4.15. The van der Waals surface area contributed by atoms with Gasteiger partial charge < -0.3 is 0 Å². The fraction of sp³-hybridized carbons (Fsp3) is 0.375. The molecule has 10 heavy (non-hydrogen) atoms. The lowest BCUT2D eigenvalue weighted by Crippen LogP contribution is -1.90. The first-order chi connectivity index (χ1) is 4.72. The average Bonchev–Trinajstić information content (AvgIpc) is 1.88. The zero-order chi connectivity index (χ0) is 7.56. The standard InChI is InChI=1S/C8H11NS/c1-6-8(7(2)10)4-3-5-9-6/h3-5,7,10H,1-2H3. The van der Waals surface area contributed by atoms with Gasteiger partial charge in [0.05, 0.1) is 0 Å². The van der Waals surface area contributed by atoms with E-state index in [4.69, 9.17) is 0 Å². The molecule has 0 aliphatic heterocycles. The molecule has 0 N–H and O–H groups in total. The Morgan fingerprint density at radius 1 is 1.60 bits per heavy atom. The Morgan fingerprint density at radius 2 is 2.30 bits per heavy atom. The summed E-state index contributed by atoms with van der Waals surface area (Å²) in [5.74, 6) is 0. The quantitative estimate of drug-likeness (QED) is 0.611. The molecule has 0 fully saturated rings. The Kier molecular flexibility index (Phi) is 2.33. The lowest BCUT2D eigenvalue weighted by molar-refractivity contribution is 1.03. The van der Waals surface area contributed by atoms with Gasteiger partial charge in [-0.3, -0.25) is 4.98 Å². The summed E-state index contributed by atoms with van der Waals surface area (Å²) in [7, 11) is 0. The smallest absolute Gasteiger partial charge is 0.0415 e. The fourth-order valence-corrected chi connectivity index (χ4v) is 1.21. The number of aryl methyl sites for hydroxylation is 1. The number of pyridine rings is 1. The maximum atomic E-state index is 4.32. The Bertz CT molecular complexity index is 220. The predicted octanol–water partition coefficient (Wildman–Crippen LogP) is 2.38. The predicted molar refractivity (Wildman–Crippen MR) is 46.4 cm³/mol. The summed E-state index contributed by atoms with van der Waals surface area (Å²) in [5.41, 5.74) is 2.29. The first-order valence-corrected chi connectivity index (χ1v) is 3.83. The molecule has 0 aromatic carbocycles. The highest BCUT2D eigenvalue weighted by Crippen LogP contribution is 2.19. The lowest BCUT2D eigenvalue weighted by atomic mass is 10.1. The molecule has 1 unspecified atom stereocenters. The third kappa shape index (κ3) is 1.51. The van der Waals surface area contributed by atoms with E-state index in [1.165, 1.54) is 5.56 Å². The van der Waals surface area contributed by atoms with Gasteiger partial charge in [0, 0.05) is 17.1 Å². The molecule has 0 saturated carbocycles. The van der Waals surface area contributed by atoms with Gasteiger partial charge in [0.15, 0.2) is 0 Å². The SMILES string of the molecule is Cc1ncccc1C(C)S. The highest BCUT2D eigenvalue weighted by atomic mass is 32.1. The molecule has 0 saturated heterocycles. The van der Waals surface area contributed by atoms with Crippen LogP contribution >= 0.6 is 12.6 Å². The van der Waals surface area contributed by atoms with Crippen molar-refractivity contribution in [2.24, 2.45) is 0 Å². The summed E-state index contributed by atoms with van der Waals surface area (Å²) in [6.07, 6.45) is 1.80. The van der Waals surface area contributed by atoms with Crippen LogP contribution in [-0.4, -0.2) is 4.98 Å². The molecule has 1 atom stereocenters. The minimum Gasteiger partial charge on any atom is -0.261 e. The van der Waals surface area contributed by atoms with Crippen molar-refractivity contribution in [1.82, 2.24) is 4.98 Å². The molecule has 1 nitrogen and oxygen atoms in total. The van der Waals surface area contributed by atoms with E-state index in [9.17, 15) is 0 Å². The van der Waals surface area contributed by atoms with E-state index >= 15 is 0 Å². The second kappa shape index (κ2) is 3.06. The Hall–Kier alpha value is -0.500. The maximum Gasteiger partial charge on any atom is 0.0415 e. The molecule has 0 bridgehead atoms. The molecule has 1 rings (SSSR count). The summed E-state index contributed by atoms with van der Waals surface area (Å²) >= 11 is 4.32. The van der Waals surface area contributed by atoms with E-state index in [1.54, 1.807) is 6.20 Å². The molecule has 2 heteroatoms. The van der Waals surface area contributed by atoms with Gasteiger partial charge in [-0.25, -0.2) is 0 Å². The number of thiol groups is 1. The number of hydrogen-bond donors (Lipinski definition) is 1. The minimum atomic E-state index is 0.286. The van der Waals surface area contributed by atoms with Crippen LogP contribution in [-0.2, 0) is 0 Å². The van der Waals surface area contributed by atoms with Crippen LogP contribution in [0.15, 0.2) is 18.3 Å². The van der Waals surface area contributed by atoms with Crippen molar-refractivity contribution in [3.8, 4) is 0 Å². The lowest BCUT2D eigenvalue weighted by Gasteiger charge is -2.05. The topological polar surface area (TPSA) is 12.9 Å². The van der Waals surface area contributed by atoms with E-state index in [2.05, 4.69) is 23.7 Å². The van der Waals surface area contributed by atoms with E-state index < -0.39 is 0 Å². The van der Waals surface area contributed by atoms with Gasteiger partial charge >= 0.3 is 0 Å². The zero-order valence-corrected chi connectivity index (χ0v) is 7.10. The van der Waals surface area contributed by atoms with Gasteiger partial charge in [-0.05, 0) is 25.5 Å². The number of rotatable bonds is 1. The molecular formula is C8H11NS. The number of aromatic nitrogens is 1. The Morgan fingerprint density at radius 3 is 2.70 bits per heavy atom. The normalized spacial score (nSPS) is 13.1. The summed E-state index contributed by atoms with van der Waals surface area (Å²) in [6.45, 7) is 4.05. The molecule has 1 heterocycles. The van der Waals surface area contributed by atoms with Gasteiger partial charge in [0.1, 0.15) is 0 Å². The Balaban J connectivity index is 3.03. The van der Waals surface area contributed by atoms with Gasteiger partial charge in [0.2, 0.25) is 0 Å². The van der Waals surface area contributed by atoms with E-state index in [0.29, 0.717) is 0 Å². The van der Waals surface area contributed by atoms with Gasteiger partial charge in [-0.15, -0.1) is 0 Å². The third-order valence-corrected chi connectivity index (χ3v) is 1.78. The van der Waals surface area contributed by atoms with Gasteiger partial charge in [-0.1, -0.05) is 6.07 Å². The van der Waals surface area contributed by atoms with Crippen LogP contribution in [0, 0.1) is 6.92 Å². The van der Waals surface area contributed by atoms with Crippen LogP contribution in [0.2, 0.25) is 0 Å². The van der Waals surface area contributed by atoms with Gasteiger partial charge in [0.25, 0.3) is 0 Å². The van der Waals surface area contributed by atoms with Crippen molar-refractivity contribution in [3.63, 3.8) is 0 Å². The highest BCUT2D eigenvalue weighted by molar-refractivity contribution is 7.80. The monoisotopic (exact) mass is 153 g/mol. The molecule has 1 aromatic heterocycles. The minimum absolute atomic E-state index is 0.286. The van der Waals surface area contributed by atoms with E-state index in [-0.39, 0.29) is 5.25 Å². The fourth-order valence-electron chi connectivity index (χ4n) is 0.938. The van der Waals surface area contributed by atoms with Crippen LogP contribution in [0.1, 0.15) is 23.4 Å². The Labute approximate surface area is 66.9 Å². The number of nitrogens with zero attached hydrogens (tertiary/aromatic N) is 1. The maximum absolute atomic E-state index is 4.32.